The fraction of sp³-hybridized carbons (Fsp3) is 0.429. The van der Waals surface area contributed by atoms with Gasteiger partial charge in [0.2, 0.25) is 0 Å². The Labute approximate surface area is 189 Å². The Morgan fingerprint density at radius 1 is 1.34 bits per heavy atom. The number of benzene rings is 1. The van der Waals surface area contributed by atoms with E-state index in [2.05, 4.69) is 9.72 Å². The second-order valence-electron chi connectivity index (χ2n) is 7.19. The van der Waals surface area contributed by atoms with Crippen LogP contribution in [0.3, 0.4) is 0 Å². The third-order valence-corrected chi connectivity index (χ3v) is 5.54. The number of halogens is 4. The number of fused-ring (bicyclic) bond motifs is 1. The quantitative estimate of drug-likeness (QED) is 0.594. The lowest BCUT2D eigenvalue weighted by molar-refractivity contribution is -0.325. The average Bonchev–Trinajstić information content (AvgIpc) is 3.07. The van der Waals surface area contributed by atoms with Gasteiger partial charge in [-0.2, -0.15) is 0 Å². The highest BCUT2D eigenvalue weighted by Crippen LogP contribution is 2.42. The van der Waals surface area contributed by atoms with Crippen LogP contribution in [-0.2, 0) is 19.8 Å². The van der Waals surface area contributed by atoms with E-state index in [4.69, 9.17) is 28.6 Å². The molecule has 2 fully saturated rings. The molecule has 0 saturated carbocycles. The molecule has 11 heteroatoms. The van der Waals surface area contributed by atoms with Gasteiger partial charge >= 0.3 is 6.36 Å². The summed E-state index contributed by atoms with van der Waals surface area (Å²) < 4.78 is 72.0. The first-order valence-electron chi connectivity index (χ1n) is 10.7. The Morgan fingerprint density at radius 3 is 2.91 bits per heavy atom. The number of ether oxygens (including phenoxy) is 4. The van der Waals surface area contributed by atoms with Crippen LogP contribution < -0.4 is 4.74 Å². The van der Waals surface area contributed by atoms with Crippen molar-refractivity contribution in [2.45, 2.75) is 24.5 Å². The van der Waals surface area contributed by atoms with Crippen LogP contribution >= 0.6 is 11.6 Å². The first kappa shape index (κ1) is 20.2. The number of aromatic nitrogens is 1. The summed E-state index contributed by atoms with van der Waals surface area (Å²) in [5.41, 5.74) is -0.376. The first-order valence-corrected chi connectivity index (χ1v) is 10.1. The van der Waals surface area contributed by atoms with E-state index in [0.717, 1.165) is 0 Å². The van der Waals surface area contributed by atoms with E-state index in [-0.39, 0.29) is 48.4 Å². The number of carbonyl (C=O) groups excluding carboxylic acids is 1. The predicted octanol–water partition coefficient (Wildman–Crippen LogP) is 3.76. The van der Waals surface area contributed by atoms with E-state index in [9.17, 15) is 18.0 Å². The number of piperidine rings is 1. The average molecular weight is 475 g/mol. The van der Waals surface area contributed by atoms with Crippen molar-refractivity contribution in [2.75, 3.05) is 33.0 Å². The third-order valence-electron chi connectivity index (χ3n) is 5.24. The van der Waals surface area contributed by atoms with Gasteiger partial charge in [-0.05, 0) is 30.3 Å². The molecule has 2 saturated heterocycles. The number of amides is 1. The van der Waals surface area contributed by atoms with Crippen molar-refractivity contribution in [3.05, 3.63) is 58.9 Å². The van der Waals surface area contributed by atoms with Crippen molar-refractivity contribution < 1.29 is 39.7 Å². The zero-order chi connectivity index (χ0) is 24.6. The summed E-state index contributed by atoms with van der Waals surface area (Å²) in [6, 6.07) is 9.42. The van der Waals surface area contributed by atoms with Crippen LogP contribution in [0, 0.1) is 0 Å². The van der Waals surface area contributed by atoms with E-state index in [1.54, 1.807) is 24.4 Å². The molecule has 0 aliphatic carbocycles. The van der Waals surface area contributed by atoms with Crippen molar-refractivity contribution in [2.24, 2.45) is 0 Å². The molecular formula is C21H20ClF3N2O5. The Kier molecular flexibility index (Phi) is 5.83. The van der Waals surface area contributed by atoms with E-state index in [0.29, 0.717) is 5.69 Å². The van der Waals surface area contributed by atoms with E-state index >= 15 is 0 Å². The Hall–Kier alpha value is -2.40. The summed E-state index contributed by atoms with van der Waals surface area (Å²) in [7, 11) is 0. The lowest BCUT2D eigenvalue weighted by Crippen LogP contribution is -2.53. The van der Waals surface area contributed by atoms with Gasteiger partial charge in [-0.15, -0.1) is 13.2 Å². The summed E-state index contributed by atoms with van der Waals surface area (Å²) in [6.07, 6.45) is -3.70. The Balaban J connectivity index is 1.44. The molecule has 2 aliphatic rings. The van der Waals surface area contributed by atoms with Gasteiger partial charge in [-0.25, -0.2) is 0 Å². The van der Waals surface area contributed by atoms with Gasteiger partial charge in [-0.1, -0.05) is 17.7 Å². The van der Waals surface area contributed by atoms with Gasteiger partial charge in [-0.3, -0.25) is 14.5 Å². The first-order chi connectivity index (χ1) is 16.0. The molecule has 4 rings (SSSR count). The molecule has 0 spiro atoms. The van der Waals surface area contributed by atoms with Crippen LogP contribution in [0.2, 0.25) is 5.02 Å². The Bertz CT molecular complexity index is 1050. The number of nitrogens with zero attached hydrogens (tertiary/aromatic N) is 2. The highest BCUT2D eigenvalue weighted by molar-refractivity contribution is 6.32. The number of hydrogen-bond donors (Lipinski definition) is 0. The second kappa shape index (κ2) is 9.22. The molecule has 1 amide bonds. The molecule has 0 unspecified atom stereocenters. The van der Waals surface area contributed by atoms with Gasteiger partial charge in [0.05, 0.1) is 26.6 Å². The fourth-order valence-corrected chi connectivity index (χ4v) is 3.93. The van der Waals surface area contributed by atoms with Crippen LogP contribution in [-0.4, -0.2) is 61.3 Å². The normalized spacial score (nSPS) is 25.6. The Morgan fingerprint density at radius 2 is 2.19 bits per heavy atom. The summed E-state index contributed by atoms with van der Waals surface area (Å²) in [6.45, 7) is -3.12. The minimum absolute atomic E-state index is 0.0504. The van der Waals surface area contributed by atoms with Crippen LogP contribution in [0.4, 0.5) is 13.2 Å². The molecule has 32 heavy (non-hydrogen) atoms. The van der Waals surface area contributed by atoms with Crippen molar-refractivity contribution in [1.29, 1.82) is 0 Å². The van der Waals surface area contributed by atoms with Crippen molar-refractivity contribution >= 4 is 17.5 Å². The molecule has 3 heterocycles. The van der Waals surface area contributed by atoms with Gasteiger partial charge in [0.25, 0.3) is 5.91 Å². The zero-order valence-corrected chi connectivity index (χ0v) is 17.4. The van der Waals surface area contributed by atoms with Crippen molar-refractivity contribution in [3.63, 3.8) is 0 Å². The SMILES string of the molecule is [2H]C1([2H])O[C@@H]2CN(C(=O)c3ccc(OCCOC(F)(F)F)c(Cl)c3)CC[C@]2(c2ccccn2)O1. The molecule has 0 bridgehead atoms. The molecule has 2 aromatic rings. The minimum Gasteiger partial charge on any atom is -0.490 e. The lowest BCUT2D eigenvalue weighted by Gasteiger charge is -2.41. The number of alkyl halides is 3. The van der Waals surface area contributed by atoms with Gasteiger partial charge in [0.15, 0.2) is 0 Å². The maximum Gasteiger partial charge on any atom is 0.522 e. The number of rotatable bonds is 6. The van der Waals surface area contributed by atoms with Gasteiger partial charge < -0.3 is 19.1 Å². The predicted molar refractivity (Wildman–Crippen MR) is 106 cm³/mol. The van der Waals surface area contributed by atoms with Crippen LogP contribution in [0.15, 0.2) is 42.6 Å². The highest BCUT2D eigenvalue weighted by atomic mass is 35.5. The summed E-state index contributed by atoms with van der Waals surface area (Å²) in [4.78, 5) is 18.9. The van der Waals surface area contributed by atoms with Crippen LogP contribution in [0.1, 0.15) is 25.2 Å². The van der Waals surface area contributed by atoms with Crippen molar-refractivity contribution in [1.82, 2.24) is 9.88 Å². The summed E-state index contributed by atoms with van der Waals surface area (Å²) >= 11 is 6.15. The maximum atomic E-state index is 13.1. The van der Waals surface area contributed by atoms with E-state index in [1.165, 1.54) is 23.1 Å². The molecule has 0 N–H and O–H groups in total. The highest BCUT2D eigenvalue weighted by Gasteiger charge is 2.52. The van der Waals surface area contributed by atoms with Crippen LogP contribution in [0.5, 0.6) is 5.75 Å². The smallest absolute Gasteiger partial charge is 0.490 e. The second-order valence-corrected chi connectivity index (χ2v) is 7.59. The van der Waals surface area contributed by atoms with E-state index < -0.39 is 31.4 Å². The number of carbonyl (C=O) groups is 1. The molecule has 2 atom stereocenters. The van der Waals surface area contributed by atoms with Crippen LogP contribution in [0.25, 0.3) is 0 Å². The monoisotopic (exact) mass is 474 g/mol. The summed E-state index contributed by atoms with van der Waals surface area (Å²) in [5, 5.41) is 0.0504. The topological polar surface area (TPSA) is 70.1 Å². The molecule has 2 aliphatic heterocycles. The van der Waals surface area contributed by atoms with Gasteiger partial charge in [0, 0.05) is 24.7 Å². The molecule has 7 nitrogen and oxygen atoms in total. The number of pyridine rings is 1. The third kappa shape index (κ3) is 4.83. The molecule has 1 aromatic carbocycles. The number of likely N-dealkylation sites (tertiary alicyclic amines) is 1. The van der Waals surface area contributed by atoms with Gasteiger partial charge in [0.1, 0.15) is 30.8 Å². The zero-order valence-electron chi connectivity index (χ0n) is 18.6. The molecule has 1 aromatic heterocycles. The molecule has 0 radical (unpaired) electrons. The lowest BCUT2D eigenvalue weighted by atomic mass is 9.85. The fourth-order valence-electron chi connectivity index (χ4n) is 3.69. The van der Waals surface area contributed by atoms with Crippen molar-refractivity contribution in [3.8, 4) is 5.75 Å². The maximum absolute atomic E-state index is 13.1. The van der Waals surface area contributed by atoms with E-state index in [1.807, 2.05) is 0 Å². The minimum atomic E-state index is -4.75. The standard InChI is InChI=1S/C21H20ClF3N2O5/c22-15-11-14(4-5-16(15)29-9-10-31-21(23,24)25)19(28)27-8-6-20(17-3-1-2-7-26-17)18(12-27)30-13-32-20/h1-5,7,11,18H,6,8-10,12-13H2/t18-,20-/m1/s1/i13D2. The largest absolute Gasteiger partial charge is 0.522 e. The number of hydrogen-bond acceptors (Lipinski definition) is 6. The molecule has 172 valence electrons. The molecular weight excluding hydrogens is 453 g/mol. The summed E-state index contributed by atoms with van der Waals surface area (Å²) in [5.74, 6) is -0.267.